The predicted octanol–water partition coefficient (Wildman–Crippen LogP) is 2.98. The monoisotopic (exact) mass is 421 g/mol. The summed E-state index contributed by atoms with van der Waals surface area (Å²) in [5, 5.41) is 11.1. The zero-order valence-electron chi connectivity index (χ0n) is 17.3. The summed E-state index contributed by atoms with van der Waals surface area (Å²) >= 11 is 0. The van der Waals surface area contributed by atoms with Crippen LogP contribution in [0.1, 0.15) is 22.0 Å². The zero-order valence-corrected chi connectivity index (χ0v) is 17.3. The van der Waals surface area contributed by atoms with Gasteiger partial charge in [-0.15, -0.1) is 10.2 Å². The summed E-state index contributed by atoms with van der Waals surface area (Å²) in [5.41, 5.74) is 1.63. The minimum absolute atomic E-state index is 0.281. The third-order valence-corrected chi connectivity index (χ3v) is 6.17. The van der Waals surface area contributed by atoms with Crippen molar-refractivity contribution in [2.45, 2.75) is 19.5 Å². The minimum Gasteiger partial charge on any atom is -0.497 e. The molecular formula is C23H24FN5O2. The van der Waals surface area contributed by atoms with Crippen LogP contribution in [0, 0.1) is 17.7 Å². The SMILES string of the molecule is COc1cccc(CN2CC3Cc4nnc(C(=O)Nc5cccc(F)c5)n4CC3C2)c1. The number of ether oxygens (including phenoxy) is 1. The van der Waals surface area contributed by atoms with E-state index in [1.807, 2.05) is 16.7 Å². The number of benzene rings is 2. The van der Waals surface area contributed by atoms with E-state index in [-0.39, 0.29) is 11.7 Å². The van der Waals surface area contributed by atoms with Gasteiger partial charge in [-0.1, -0.05) is 18.2 Å². The van der Waals surface area contributed by atoms with Gasteiger partial charge in [0.05, 0.1) is 7.11 Å². The molecule has 2 atom stereocenters. The highest BCUT2D eigenvalue weighted by molar-refractivity contribution is 6.01. The number of hydrogen-bond acceptors (Lipinski definition) is 5. The molecule has 3 aromatic rings. The Morgan fingerprint density at radius 3 is 2.81 bits per heavy atom. The van der Waals surface area contributed by atoms with Gasteiger partial charge < -0.3 is 14.6 Å². The van der Waals surface area contributed by atoms with Crippen molar-refractivity contribution in [3.63, 3.8) is 0 Å². The number of methoxy groups -OCH3 is 1. The second kappa shape index (κ2) is 8.11. The first-order valence-electron chi connectivity index (χ1n) is 10.4. The summed E-state index contributed by atoms with van der Waals surface area (Å²) in [7, 11) is 1.68. The molecule has 1 fully saturated rings. The van der Waals surface area contributed by atoms with Gasteiger partial charge in [-0.2, -0.15) is 0 Å². The lowest BCUT2D eigenvalue weighted by Crippen LogP contribution is -2.31. The third kappa shape index (κ3) is 4.03. The van der Waals surface area contributed by atoms with E-state index in [1.165, 1.54) is 17.7 Å². The molecular weight excluding hydrogens is 397 g/mol. The van der Waals surface area contributed by atoms with Gasteiger partial charge in [0.1, 0.15) is 17.4 Å². The Balaban J connectivity index is 1.27. The van der Waals surface area contributed by atoms with Gasteiger partial charge in [0.2, 0.25) is 5.82 Å². The maximum absolute atomic E-state index is 13.4. The molecule has 1 saturated heterocycles. The Kier molecular flexibility index (Phi) is 5.15. The normalized spacial score (nSPS) is 20.2. The highest BCUT2D eigenvalue weighted by Gasteiger charge is 2.39. The van der Waals surface area contributed by atoms with Crippen LogP contribution in [-0.2, 0) is 19.5 Å². The van der Waals surface area contributed by atoms with Crippen molar-refractivity contribution in [3.05, 3.63) is 71.6 Å². The van der Waals surface area contributed by atoms with E-state index >= 15 is 0 Å². The molecule has 0 aliphatic carbocycles. The number of amides is 1. The molecule has 1 aromatic heterocycles. The number of fused-ring (bicyclic) bond motifs is 2. The van der Waals surface area contributed by atoms with Crippen LogP contribution in [0.2, 0.25) is 0 Å². The molecule has 2 aliphatic heterocycles. The van der Waals surface area contributed by atoms with Crippen LogP contribution in [0.15, 0.2) is 48.5 Å². The number of halogens is 1. The molecule has 0 radical (unpaired) electrons. The lowest BCUT2D eigenvalue weighted by Gasteiger charge is -2.25. The molecule has 2 aromatic carbocycles. The molecule has 5 rings (SSSR count). The van der Waals surface area contributed by atoms with Crippen molar-refractivity contribution in [3.8, 4) is 5.75 Å². The molecule has 3 heterocycles. The summed E-state index contributed by atoms with van der Waals surface area (Å²) in [6, 6.07) is 14.0. The van der Waals surface area contributed by atoms with Gasteiger partial charge in [0.25, 0.3) is 5.91 Å². The number of carbonyl (C=O) groups excluding carboxylic acids is 1. The van der Waals surface area contributed by atoms with Crippen LogP contribution < -0.4 is 10.1 Å². The van der Waals surface area contributed by atoms with E-state index in [4.69, 9.17) is 4.74 Å². The van der Waals surface area contributed by atoms with E-state index in [0.717, 1.165) is 37.6 Å². The number of carbonyl (C=O) groups is 1. The average Bonchev–Trinajstić information content (AvgIpc) is 3.34. The highest BCUT2D eigenvalue weighted by atomic mass is 19.1. The van der Waals surface area contributed by atoms with Crippen LogP contribution in [0.3, 0.4) is 0 Å². The molecule has 31 heavy (non-hydrogen) atoms. The lowest BCUT2D eigenvalue weighted by atomic mass is 9.89. The first-order valence-corrected chi connectivity index (χ1v) is 10.4. The second-order valence-corrected chi connectivity index (χ2v) is 8.28. The summed E-state index contributed by atoms with van der Waals surface area (Å²) in [5.74, 6) is 2.17. The number of rotatable bonds is 5. The highest BCUT2D eigenvalue weighted by Crippen LogP contribution is 2.33. The Morgan fingerprint density at radius 2 is 1.97 bits per heavy atom. The number of aromatic nitrogens is 3. The van der Waals surface area contributed by atoms with Crippen LogP contribution in [0.4, 0.5) is 10.1 Å². The molecule has 1 amide bonds. The number of likely N-dealkylation sites (tertiary alicyclic amines) is 1. The van der Waals surface area contributed by atoms with Gasteiger partial charge in [0, 0.05) is 38.3 Å². The summed E-state index contributed by atoms with van der Waals surface area (Å²) in [6.45, 7) is 3.55. The van der Waals surface area contributed by atoms with Crippen molar-refractivity contribution in [2.24, 2.45) is 11.8 Å². The van der Waals surface area contributed by atoms with Crippen LogP contribution in [0.5, 0.6) is 5.75 Å². The summed E-state index contributed by atoms with van der Waals surface area (Å²) in [6.07, 6.45) is 0.805. The number of nitrogens with zero attached hydrogens (tertiary/aromatic N) is 4. The average molecular weight is 421 g/mol. The van der Waals surface area contributed by atoms with E-state index in [0.29, 0.717) is 24.1 Å². The number of hydrogen-bond donors (Lipinski definition) is 1. The van der Waals surface area contributed by atoms with Crippen LogP contribution in [0.25, 0.3) is 0 Å². The molecule has 1 N–H and O–H groups in total. The van der Waals surface area contributed by atoms with Crippen molar-refractivity contribution < 1.29 is 13.9 Å². The van der Waals surface area contributed by atoms with E-state index in [9.17, 15) is 9.18 Å². The Labute approximate surface area is 179 Å². The molecule has 2 aliphatic rings. The lowest BCUT2D eigenvalue weighted by molar-refractivity contribution is 0.100. The quantitative estimate of drug-likeness (QED) is 0.686. The molecule has 7 nitrogen and oxygen atoms in total. The van der Waals surface area contributed by atoms with Crippen molar-refractivity contribution in [1.82, 2.24) is 19.7 Å². The first kappa shape index (κ1) is 19.7. The molecule has 0 bridgehead atoms. The van der Waals surface area contributed by atoms with Crippen molar-refractivity contribution >= 4 is 11.6 Å². The van der Waals surface area contributed by atoms with Gasteiger partial charge in [-0.3, -0.25) is 9.69 Å². The molecule has 8 heteroatoms. The summed E-state index contributed by atoms with van der Waals surface area (Å²) in [4.78, 5) is 15.2. The van der Waals surface area contributed by atoms with Gasteiger partial charge in [-0.25, -0.2) is 4.39 Å². The Hall–Kier alpha value is -3.26. The zero-order chi connectivity index (χ0) is 21.4. The van der Waals surface area contributed by atoms with Crippen molar-refractivity contribution in [2.75, 3.05) is 25.5 Å². The molecule has 2 unspecified atom stereocenters. The fourth-order valence-corrected chi connectivity index (χ4v) is 4.70. The van der Waals surface area contributed by atoms with Gasteiger partial charge >= 0.3 is 0 Å². The standard InChI is InChI=1S/C23H24FN5O2/c1-31-20-7-2-4-15(8-20)11-28-12-16-9-21-26-27-22(29(21)14-17(16)13-28)23(30)25-19-6-3-5-18(24)10-19/h2-8,10,16-17H,9,11-14H2,1H3,(H,25,30). The largest absolute Gasteiger partial charge is 0.497 e. The van der Waals surface area contributed by atoms with Gasteiger partial charge in [-0.05, 0) is 47.7 Å². The Bertz CT molecular complexity index is 1110. The number of nitrogens with one attached hydrogen (secondary N) is 1. The topological polar surface area (TPSA) is 72.3 Å². The first-order chi connectivity index (χ1) is 15.1. The summed E-state index contributed by atoms with van der Waals surface area (Å²) < 4.78 is 20.7. The molecule has 0 spiro atoms. The predicted molar refractivity (Wildman–Crippen MR) is 113 cm³/mol. The molecule has 160 valence electrons. The Morgan fingerprint density at radius 1 is 1.13 bits per heavy atom. The fraction of sp³-hybridized carbons (Fsp3) is 0.348. The smallest absolute Gasteiger partial charge is 0.293 e. The van der Waals surface area contributed by atoms with E-state index in [2.05, 4.69) is 32.5 Å². The van der Waals surface area contributed by atoms with Crippen molar-refractivity contribution in [1.29, 1.82) is 0 Å². The van der Waals surface area contributed by atoms with E-state index < -0.39 is 5.82 Å². The van der Waals surface area contributed by atoms with E-state index in [1.54, 1.807) is 19.2 Å². The van der Waals surface area contributed by atoms with Gasteiger partial charge in [0.15, 0.2) is 0 Å². The van der Waals surface area contributed by atoms with Crippen LogP contribution >= 0.6 is 0 Å². The maximum atomic E-state index is 13.4. The third-order valence-electron chi connectivity index (χ3n) is 6.17. The number of anilines is 1. The minimum atomic E-state index is -0.397. The fourth-order valence-electron chi connectivity index (χ4n) is 4.70. The maximum Gasteiger partial charge on any atom is 0.293 e. The van der Waals surface area contributed by atoms with Crippen LogP contribution in [-0.4, -0.2) is 45.8 Å². The second-order valence-electron chi connectivity index (χ2n) is 8.28. The molecule has 0 saturated carbocycles.